The van der Waals surface area contributed by atoms with Crippen LogP contribution in [0.1, 0.15) is 39.0 Å². The van der Waals surface area contributed by atoms with Crippen molar-refractivity contribution in [1.82, 2.24) is 0 Å². The van der Waals surface area contributed by atoms with Crippen LogP contribution in [0.2, 0.25) is 0 Å². The molecule has 2 nitrogen and oxygen atoms in total. The summed E-state index contributed by atoms with van der Waals surface area (Å²) >= 11 is 0. The van der Waals surface area contributed by atoms with Gasteiger partial charge in [-0.05, 0) is 25.0 Å². The summed E-state index contributed by atoms with van der Waals surface area (Å²) in [5.41, 5.74) is -0.149. The van der Waals surface area contributed by atoms with Crippen LogP contribution in [0.15, 0.2) is 12.2 Å². The Balaban J connectivity index is 2.59. The second-order valence-electron chi connectivity index (χ2n) is 3.67. The number of rotatable bonds is 4. The van der Waals surface area contributed by atoms with Crippen LogP contribution >= 0.6 is 0 Å². The van der Waals surface area contributed by atoms with Crippen LogP contribution in [0.3, 0.4) is 0 Å². The Morgan fingerprint density at radius 1 is 1.62 bits per heavy atom. The van der Waals surface area contributed by atoms with Crippen molar-refractivity contribution >= 4 is 5.78 Å². The summed E-state index contributed by atoms with van der Waals surface area (Å²) in [6.45, 7) is 2.17. The lowest BCUT2D eigenvalue weighted by atomic mass is 9.86. The third-order valence-electron chi connectivity index (χ3n) is 2.73. The van der Waals surface area contributed by atoms with Crippen molar-refractivity contribution in [2.75, 3.05) is 7.11 Å². The van der Waals surface area contributed by atoms with E-state index >= 15 is 0 Å². The number of hydrogen-bond acceptors (Lipinski definition) is 2. The van der Waals surface area contributed by atoms with E-state index in [1.165, 1.54) is 6.42 Å². The van der Waals surface area contributed by atoms with E-state index in [0.717, 1.165) is 19.3 Å². The van der Waals surface area contributed by atoms with Gasteiger partial charge >= 0.3 is 0 Å². The fourth-order valence-electron chi connectivity index (χ4n) is 1.70. The summed E-state index contributed by atoms with van der Waals surface area (Å²) in [6, 6.07) is 0. The normalized spacial score (nSPS) is 28.0. The van der Waals surface area contributed by atoms with Gasteiger partial charge in [0.05, 0.1) is 5.60 Å². The molecule has 1 rings (SSSR count). The zero-order chi connectivity index (χ0) is 9.73. The highest BCUT2D eigenvalue weighted by Crippen LogP contribution is 2.29. The molecule has 0 amide bonds. The summed E-state index contributed by atoms with van der Waals surface area (Å²) in [6.07, 6.45) is 8.45. The minimum absolute atomic E-state index is 0.149. The average molecular weight is 182 g/mol. The Morgan fingerprint density at radius 3 is 2.85 bits per heavy atom. The molecule has 0 aromatic heterocycles. The molecule has 0 fully saturated rings. The van der Waals surface area contributed by atoms with E-state index in [1.54, 1.807) is 13.2 Å². The zero-order valence-corrected chi connectivity index (χ0v) is 8.51. The van der Waals surface area contributed by atoms with Crippen molar-refractivity contribution in [3.05, 3.63) is 12.2 Å². The van der Waals surface area contributed by atoms with Crippen LogP contribution in [0.25, 0.3) is 0 Å². The van der Waals surface area contributed by atoms with Crippen LogP contribution in [0.5, 0.6) is 0 Å². The number of ketones is 1. The Labute approximate surface area is 80.0 Å². The third-order valence-corrected chi connectivity index (χ3v) is 2.73. The first kappa shape index (κ1) is 10.5. The molecule has 1 unspecified atom stereocenters. The highest BCUT2D eigenvalue weighted by Gasteiger charge is 2.29. The van der Waals surface area contributed by atoms with Crippen molar-refractivity contribution in [3.63, 3.8) is 0 Å². The Kier molecular flexibility index (Phi) is 3.67. The predicted molar refractivity (Wildman–Crippen MR) is 52.6 cm³/mol. The lowest BCUT2D eigenvalue weighted by molar-refractivity contribution is -0.117. The van der Waals surface area contributed by atoms with Gasteiger partial charge in [0.15, 0.2) is 5.78 Å². The molecule has 2 heteroatoms. The van der Waals surface area contributed by atoms with Crippen molar-refractivity contribution in [2.24, 2.45) is 0 Å². The van der Waals surface area contributed by atoms with Crippen LogP contribution in [0, 0.1) is 0 Å². The number of carbonyl (C=O) groups is 1. The molecule has 74 valence electrons. The second-order valence-corrected chi connectivity index (χ2v) is 3.67. The first-order valence-corrected chi connectivity index (χ1v) is 4.99. The molecule has 1 atom stereocenters. The van der Waals surface area contributed by atoms with E-state index in [4.69, 9.17) is 4.74 Å². The Hall–Kier alpha value is -0.630. The van der Waals surface area contributed by atoms with Crippen LogP contribution in [0.4, 0.5) is 0 Å². The maximum atomic E-state index is 11.0. The number of allylic oxidation sites excluding steroid dienone is 1. The van der Waals surface area contributed by atoms with Gasteiger partial charge in [0, 0.05) is 13.5 Å². The molecule has 0 saturated heterocycles. The summed E-state index contributed by atoms with van der Waals surface area (Å²) in [5.74, 6) is 0.226. The van der Waals surface area contributed by atoms with Gasteiger partial charge in [0.2, 0.25) is 0 Å². The molecule has 0 aromatic carbocycles. The lowest BCUT2D eigenvalue weighted by Gasteiger charge is -2.31. The second kappa shape index (κ2) is 4.56. The quantitative estimate of drug-likeness (QED) is 0.667. The molecule has 1 aliphatic carbocycles. The molecule has 1 aliphatic rings. The average Bonchev–Trinajstić information content (AvgIpc) is 2.18. The van der Waals surface area contributed by atoms with Crippen molar-refractivity contribution < 1.29 is 9.53 Å². The van der Waals surface area contributed by atoms with E-state index in [1.807, 2.05) is 6.08 Å². The van der Waals surface area contributed by atoms with Gasteiger partial charge in [-0.3, -0.25) is 4.79 Å². The maximum absolute atomic E-state index is 11.0. The summed E-state index contributed by atoms with van der Waals surface area (Å²) in [4.78, 5) is 11.0. The molecule has 0 heterocycles. The van der Waals surface area contributed by atoms with Crippen LogP contribution in [-0.4, -0.2) is 18.5 Å². The molecule has 0 saturated carbocycles. The number of unbranched alkanes of at least 4 members (excludes halogenated alkanes) is 1. The number of carbonyl (C=O) groups excluding carboxylic acids is 1. The summed E-state index contributed by atoms with van der Waals surface area (Å²) in [5, 5.41) is 0. The minimum atomic E-state index is -0.149. The molecule has 0 N–H and O–H groups in total. The standard InChI is InChI=1S/C11H18O2/c1-3-4-7-11(13-2)8-5-10(12)6-9-11/h5,8H,3-4,6-7,9H2,1-2H3. The molecule has 0 radical (unpaired) electrons. The van der Waals surface area contributed by atoms with E-state index in [-0.39, 0.29) is 11.4 Å². The largest absolute Gasteiger partial charge is 0.374 e. The highest BCUT2D eigenvalue weighted by atomic mass is 16.5. The van der Waals surface area contributed by atoms with Gasteiger partial charge in [-0.1, -0.05) is 19.8 Å². The predicted octanol–water partition coefficient (Wildman–Crippen LogP) is 2.48. The highest BCUT2D eigenvalue weighted by molar-refractivity contribution is 5.90. The molecule has 0 bridgehead atoms. The number of hydrogen-bond donors (Lipinski definition) is 0. The molecular weight excluding hydrogens is 164 g/mol. The molecular formula is C11H18O2. The molecule has 0 aliphatic heterocycles. The van der Waals surface area contributed by atoms with Gasteiger partial charge in [0.1, 0.15) is 0 Å². The molecule has 0 spiro atoms. The van der Waals surface area contributed by atoms with Crippen LogP contribution < -0.4 is 0 Å². The lowest BCUT2D eigenvalue weighted by Crippen LogP contribution is -2.32. The van der Waals surface area contributed by atoms with E-state index in [9.17, 15) is 4.79 Å². The van der Waals surface area contributed by atoms with Crippen LogP contribution in [-0.2, 0) is 9.53 Å². The monoisotopic (exact) mass is 182 g/mol. The molecule has 13 heavy (non-hydrogen) atoms. The van der Waals surface area contributed by atoms with Gasteiger partial charge < -0.3 is 4.74 Å². The number of ether oxygens (including phenoxy) is 1. The Morgan fingerprint density at radius 2 is 2.38 bits per heavy atom. The Bertz CT molecular complexity index is 208. The minimum Gasteiger partial charge on any atom is -0.374 e. The van der Waals surface area contributed by atoms with Gasteiger partial charge in [-0.2, -0.15) is 0 Å². The molecule has 0 aromatic rings. The van der Waals surface area contributed by atoms with E-state index < -0.39 is 0 Å². The third kappa shape index (κ3) is 2.66. The van der Waals surface area contributed by atoms with Crippen molar-refractivity contribution in [2.45, 2.75) is 44.6 Å². The maximum Gasteiger partial charge on any atom is 0.155 e. The van der Waals surface area contributed by atoms with Gasteiger partial charge in [-0.25, -0.2) is 0 Å². The fourth-order valence-corrected chi connectivity index (χ4v) is 1.70. The van der Waals surface area contributed by atoms with Crippen molar-refractivity contribution in [1.29, 1.82) is 0 Å². The smallest absolute Gasteiger partial charge is 0.155 e. The summed E-state index contributed by atoms with van der Waals surface area (Å²) in [7, 11) is 1.73. The zero-order valence-electron chi connectivity index (χ0n) is 8.51. The SMILES string of the molecule is CCCCC1(OC)C=CC(=O)CC1. The first-order valence-electron chi connectivity index (χ1n) is 4.99. The van der Waals surface area contributed by atoms with Crippen molar-refractivity contribution in [3.8, 4) is 0 Å². The number of methoxy groups -OCH3 is 1. The van der Waals surface area contributed by atoms with Gasteiger partial charge in [-0.15, -0.1) is 0 Å². The van der Waals surface area contributed by atoms with E-state index in [2.05, 4.69) is 6.92 Å². The van der Waals surface area contributed by atoms with E-state index in [0.29, 0.717) is 6.42 Å². The van der Waals surface area contributed by atoms with Gasteiger partial charge in [0.25, 0.3) is 0 Å². The fraction of sp³-hybridized carbons (Fsp3) is 0.727. The summed E-state index contributed by atoms with van der Waals surface area (Å²) < 4.78 is 5.49. The first-order chi connectivity index (χ1) is 6.22. The topological polar surface area (TPSA) is 26.3 Å².